The van der Waals surface area contributed by atoms with Crippen molar-refractivity contribution in [1.29, 1.82) is 0 Å². The first-order valence-corrected chi connectivity index (χ1v) is 9.96. The normalized spacial score (nSPS) is 48.9. The van der Waals surface area contributed by atoms with Crippen LogP contribution in [0.5, 0.6) is 0 Å². The highest BCUT2D eigenvalue weighted by Gasteiger charge is 2.69. The molecule has 0 saturated heterocycles. The molecule has 0 aromatic heterocycles. The summed E-state index contributed by atoms with van der Waals surface area (Å²) in [6.45, 7) is 3.92. The van der Waals surface area contributed by atoms with Crippen molar-refractivity contribution in [2.45, 2.75) is 70.5 Å². The number of hydrogen-bond donors (Lipinski definition) is 3. The standard InChI is InChI=1S/C21H28O6/c1-19-7-5-12(22)9-11(19)3-4-13-14-6-8-21(27,17(24)18(25)26)20(14,2)10-15(23)16(13)19/h9,13-16,23,27H,3-8,10H2,1-2H3,(H,25,26)/t13-,14-,15?,16+,19-,20-,21-/m0/s1. The van der Waals surface area contributed by atoms with E-state index in [4.69, 9.17) is 0 Å². The Hall–Kier alpha value is -1.53. The molecule has 4 aliphatic carbocycles. The number of fused-ring (bicyclic) bond motifs is 5. The Kier molecular flexibility index (Phi) is 4.00. The molecule has 0 aromatic carbocycles. The van der Waals surface area contributed by atoms with Crippen LogP contribution in [0.15, 0.2) is 11.6 Å². The zero-order chi connectivity index (χ0) is 19.8. The molecule has 4 rings (SSSR count). The Bertz CT molecular complexity index is 756. The van der Waals surface area contributed by atoms with E-state index in [9.17, 15) is 29.7 Å². The first-order valence-electron chi connectivity index (χ1n) is 9.96. The molecule has 6 nitrogen and oxygen atoms in total. The second-order valence-electron chi connectivity index (χ2n) is 9.61. The van der Waals surface area contributed by atoms with Gasteiger partial charge in [0.15, 0.2) is 5.78 Å². The zero-order valence-corrected chi connectivity index (χ0v) is 15.9. The summed E-state index contributed by atoms with van der Waals surface area (Å²) in [6.07, 6.45) is 4.76. The van der Waals surface area contributed by atoms with Crippen molar-refractivity contribution in [2.75, 3.05) is 0 Å². The molecule has 0 radical (unpaired) electrons. The lowest BCUT2D eigenvalue weighted by Gasteiger charge is -2.60. The fourth-order valence-electron chi connectivity index (χ4n) is 7.24. The van der Waals surface area contributed by atoms with E-state index < -0.39 is 28.9 Å². The van der Waals surface area contributed by atoms with Crippen molar-refractivity contribution >= 4 is 17.5 Å². The Morgan fingerprint density at radius 1 is 1.15 bits per heavy atom. The largest absolute Gasteiger partial charge is 0.475 e. The molecule has 0 spiro atoms. The highest BCUT2D eigenvalue weighted by Crippen LogP contribution is 2.67. The molecule has 3 saturated carbocycles. The number of ketones is 2. The summed E-state index contributed by atoms with van der Waals surface area (Å²) in [4.78, 5) is 35.6. The number of hydrogen-bond acceptors (Lipinski definition) is 5. The summed E-state index contributed by atoms with van der Waals surface area (Å²) in [5.74, 6) is -2.52. The van der Waals surface area contributed by atoms with E-state index in [1.807, 2.05) is 0 Å². The molecule has 148 valence electrons. The lowest BCUT2D eigenvalue weighted by molar-refractivity contribution is -0.186. The second kappa shape index (κ2) is 5.74. The lowest BCUT2D eigenvalue weighted by Crippen LogP contribution is -2.62. The van der Waals surface area contributed by atoms with Gasteiger partial charge in [0, 0.05) is 11.8 Å². The molecular formula is C21H28O6. The predicted octanol–water partition coefficient (Wildman–Crippen LogP) is 1.87. The summed E-state index contributed by atoms with van der Waals surface area (Å²) in [5, 5.41) is 31.5. The van der Waals surface area contributed by atoms with Crippen LogP contribution in [0.3, 0.4) is 0 Å². The van der Waals surface area contributed by atoms with Crippen molar-refractivity contribution in [3.05, 3.63) is 11.6 Å². The Morgan fingerprint density at radius 2 is 1.85 bits per heavy atom. The number of aliphatic carboxylic acids is 1. The summed E-state index contributed by atoms with van der Waals surface area (Å²) < 4.78 is 0. The van der Waals surface area contributed by atoms with Crippen LogP contribution in [0, 0.1) is 28.6 Å². The van der Waals surface area contributed by atoms with Gasteiger partial charge in [0.1, 0.15) is 5.60 Å². The van der Waals surface area contributed by atoms with E-state index in [0.717, 1.165) is 24.8 Å². The van der Waals surface area contributed by atoms with Crippen LogP contribution in [0.1, 0.15) is 58.8 Å². The van der Waals surface area contributed by atoms with Crippen LogP contribution in [-0.4, -0.2) is 44.6 Å². The third-order valence-corrected chi connectivity index (χ3v) is 8.62. The van der Waals surface area contributed by atoms with E-state index in [0.29, 0.717) is 12.8 Å². The number of carboxylic acids is 1. The van der Waals surface area contributed by atoms with E-state index in [-0.39, 0.29) is 41.8 Å². The Morgan fingerprint density at radius 3 is 2.52 bits per heavy atom. The second-order valence-corrected chi connectivity index (χ2v) is 9.61. The molecule has 27 heavy (non-hydrogen) atoms. The number of aliphatic hydroxyl groups is 2. The molecule has 3 N–H and O–H groups in total. The SMILES string of the molecule is C[C@]12CCC(=O)C=C1CC[C@@H]1[C@@H]2C(O)C[C@@]2(C)[C@H]1CC[C@]2(O)C(=O)C(=O)O. The minimum atomic E-state index is -1.92. The molecule has 0 aromatic rings. The first kappa shape index (κ1) is 18.8. The summed E-state index contributed by atoms with van der Waals surface area (Å²) in [6, 6.07) is 0. The predicted molar refractivity (Wildman–Crippen MR) is 95.7 cm³/mol. The average molecular weight is 376 g/mol. The quantitative estimate of drug-likeness (QED) is 0.635. The number of rotatable bonds is 2. The zero-order valence-electron chi connectivity index (χ0n) is 15.9. The number of carbonyl (C=O) groups excluding carboxylic acids is 2. The molecule has 0 amide bonds. The van der Waals surface area contributed by atoms with Gasteiger partial charge in [-0.3, -0.25) is 9.59 Å². The highest BCUT2D eigenvalue weighted by molar-refractivity contribution is 6.36. The summed E-state index contributed by atoms with van der Waals surface area (Å²) in [5.41, 5.74) is -1.98. The fourth-order valence-corrected chi connectivity index (χ4v) is 7.24. The van der Waals surface area contributed by atoms with Crippen LogP contribution >= 0.6 is 0 Å². The average Bonchev–Trinajstić information content (AvgIpc) is 2.86. The molecule has 6 heteroatoms. The van der Waals surface area contributed by atoms with Crippen molar-refractivity contribution < 1.29 is 29.7 Å². The topological polar surface area (TPSA) is 112 Å². The maximum absolute atomic E-state index is 12.3. The summed E-state index contributed by atoms with van der Waals surface area (Å²) >= 11 is 0. The van der Waals surface area contributed by atoms with E-state index in [2.05, 4.69) is 6.92 Å². The van der Waals surface area contributed by atoms with Gasteiger partial charge in [-0.2, -0.15) is 0 Å². The Balaban J connectivity index is 1.74. The Labute approximate surface area is 158 Å². The van der Waals surface area contributed by atoms with Crippen LogP contribution in [0.2, 0.25) is 0 Å². The number of carboxylic acid groups (broad SMARTS) is 1. The van der Waals surface area contributed by atoms with Gasteiger partial charge in [0.25, 0.3) is 5.78 Å². The molecule has 0 bridgehead atoms. The smallest absolute Gasteiger partial charge is 0.375 e. The third kappa shape index (κ3) is 2.29. The van der Waals surface area contributed by atoms with Crippen LogP contribution < -0.4 is 0 Å². The van der Waals surface area contributed by atoms with Gasteiger partial charge < -0.3 is 15.3 Å². The third-order valence-electron chi connectivity index (χ3n) is 8.62. The van der Waals surface area contributed by atoms with Crippen LogP contribution in [0.4, 0.5) is 0 Å². The minimum Gasteiger partial charge on any atom is -0.475 e. The van der Waals surface area contributed by atoms with E-state index in [1.54, 1.807) is 13.0 Å². The van der Waals surface area contributed by atoms with Gasteiger partial charge in [0.2, 0.25) is 0 Å². The van der Waals surface area contributed by atoms with Gasteiger partial charge in [0.05, 0.1) is 6.10 Å². The molecule has 7 atom stereocenters. The molecule has 0 aliphatic heterocycles. The number of allylic oxidation sites excluding steroid dienone is 1. The van der Waals surface area contributed by atoms with Gasteiger partial charge in [-0.25, -0.2) is 4.79 Å². The van der Waals surface area contributed by atoms with Crippen molar-refractivity contribution in [3.8, 4) is 0 Å². The fraction of sp³-hybridized carbons (Fsp3) is 0.762. The van der Waals surface area contributed by atoms with E-state index in [1.165, 1.54) is 0 Å². The molecular weight excluding hydrogens is 348 g/mol. The van der Waals surface area contributed by atoms with Crippen molar-refractivity contribution in [3.63, 3.8) is 0 Å². The van der Waals surface area contributed by atoms with Crippen molar-refractivity contribution in [2.24, 2.45) is 28.6 Å². The van der Waals surface area contributed by atoms with Gasteiger partial charge >= 0.3 is 5.97 Å². The number of carbonyl (C=O) groups is 3. The summed E-state index contributed by atoms with van der Waals surface area (Å²) in [7, 11) is 0. The minimum absolute atomic E-state index is 0.00444. The maximum atomic E-state index is 12.3. The highest BCUT2D eigenvalue weighted by atomic mass is 16.4. The van der Waals surface area contributed by atoms with Gasteiger partial charge in [-0.15, -0.1) is 0 Å². The number of aliphatic hydroxyl groups excluding tert-OH is 1. The molecule has 4 aliphatic rings. The lowest BCUT2D eigenvalue weighted by atomic mass is 9.45. The van der Waals surface area contributed by atoms with Crippen LogP contribution in [-0.2, 0) is 14.4 Å². The molecule has 3 fully saturated rings. The monoisotopic (exact) mass is 376 g/mol. The first-order chi connectivity index (χ1) is 12.5. The van der Waals surface area contributed by atoms with Crippen molar-refractivity contribution in [1.82, 2.24) is 0 Å². The van der Waals surface area contributed by atoms with Gasteiger partial charge in [-0.1, -0.05) is 19.4 Å². The van der Waals surface area contributed by atoms with Gasteiger partial charge in [-0.05, 0) is 67.8 Å². The molecule has 0 heterocycles. The van der Waals surface area contributed by atoms with E-state index >= 15 is 0 Å². The number of Topliss-reactive ketones (excluding diaryl/α,β-unsaturated/α-hetero) is 1. The van der Waals surface area contributed by atoms with Crippen LogP contribution in [0.25, 0.3) is 0 Å². The maximum Gasteiger partial charge on any atom is 0.375 e. The molecule has 1 unspecified atom stereocenters.